The van der Waals surface area contributed by atoms with E-state index in [-0.39, 0.29) is 22.0 Å². The first-order valence-electron chi connectivity index (χ1n) is 7.79. The third-order valence-corrected chi connectivity index (χ3v) is 3.86. The summed E-state index contributed by atoms with van der Waals surface area (Å²) in [5, 5.41) is 13.9. The molecule has 28 heavy (non-hydrogen) atoms. The van der Waals surface area contributed by atoms with Crippen LogP contribution in [0.25, 0.3) is 11.0 Å². The molecule has 0 aliphatic carbocycles. The predicted octanol–water partition coefficient (Wildman–Crippen LogP) is 3.15. The summed E-state index contributed by atoms with van der Waals surface area (Å²) in [6, 6.07) is 11.5. The second-order valence-electron chi connectivity index (χ2n) is 5.53. The van der Waals surface area contributed by atoms with Gasteiger partial charge in [-0.1, -0.05) is 29.8 Å². The number of carbonyl (C=O) groups excluding carboxylic acids is 2. The van der Waals surface area contributed by atoms with Crippen molar-refractivity contribution in [2.45, 2.75) is 0 Å². The first-order valence-corrected chi connectivity index (χ1v) is 8.17. The third kappa shape index (κ3) is 4.15. The predicted molar refractivity (Wildman–Crippen MR) is 99.5 cm³/mol. The Labute approximate surface area is 161 Å². The number of fused-ring (bicyclic) bond motifs is 1. The van der Waals surface area contributed by atoms with E-state index in [9.17, 15) is 24.5 Å². The van der Waals surface area contributed by atoms with E-state index < -0.39 is 29.0 Å². The monoisotopic (exact) mass is 402 g/mol. The Morgan fingerprint density at radius 1 is 1.18 bits per heavy atom. The van der Waals surface area contributed by atoms with Crippen LogP contribution in [0.2, 0.25) is 5.02 Å². The Balaban J connectivity index is 1.71. The van der Waals surface area contributed by atoms with Crippen LogP contribution < -0.4 is 10.9 Å². The molecule has 142 valence electrons. The smallest absolute Gasteiger partial charge is 0.351 e. The number of nitro groups is 1. The fourth-order valence-electron chi connectivity index (χ4n) is 2.37. The summed E-state index contributed by atoms with van der Waals surface area (Å²) in [6.07, 6.45) is 0. The second-order valence-corrected chi connectivity index (χ2v) is 5.96. The lowest BCUT2D eigenvalue weighted by atomic mass is 10.2. The molecule has 2 aromatic carbocycles. The molecule has 0 spiro atoms. The molecule has 9 nitrogen and oxygen atoms in total. The van der Waals surface area contributed by atoms with Crippen molar-refractivity contribution in [2.24, 2.45) is 0 Å². The molecule has 1 aromatic heterocycles. The minimum absolute atomic E-state index is 0.149. The van der Waals surface area contributed by atoms with Crippen LogP contribution in [0.15, 0.2) is 57.7 Å². The molecule has 0 saturated carbocycles. The summed E-state index contributed by atoms with van der Waals surface area (Å²) in [4.78, 5) is 46.3. The van der Waals surface area contributed by atoms with Crippen molar-refractivity contribution in [1.29, 1.82) is 0 Å². The second kappa shape index (κ2) is 7.89. The highest BCUT2D eigenvalue weighted by Gasteiger charge is 2.19. The van der Waals surface area contributed by atoms with Crippen molar-refractivity contribution in [3.63, 3.8) is 0 Å². The topological polar surface area (TPSA) is 129 Å². The first-order chi connectivity index (χ1) is 13.3. The number of hydrogen-bond acceptors (Lipinski definition) is 7. The number of para-hydroxylation sites is 1. The van der Waals surface area contributed by atoms with Crippen LogP contribution in [0.1, 0.15) is 10.4 Å². The van der Waals surface area contributed by atoms with Crippen molar-refractivity contribution >= 4 is 45.8 Å². The molecular weight excluding hydrogens is 392 g/mol. The number of anilines is 1. The van der Waals surface area contributed by atoms with E-state index >= 15 is 0 Å². The zero-order valence-corrected chi connectivity index (χ0v) is 14.8. The van der Waals surface area contributed by atoms with Gasteiger partial charge in [0.2, 0.25) is 0 Å². The van der Waals surface area contributed by atoms with Gasteiger partial charge in [0.05, 0.1) is 4.92 Å². The summed E-state index contributed by atoms with van der Waals surface area (Å²) >= 11 is 5.77. The van der Waals surface area contributed by atoms with Crippen molar-refractivity contribution in [3.8, 4) is 0 Å². The number of nitro benzene ring substituents is 1. The quantitative estimate of drug-likeness (QED) is 0.300. The average Bonchev–Trinajstić information content (AvgIpc) is 2.65. The maximum atomic E-state index is 12.1. The van der Waals surface area contributed by atoms with Gasteiger partial charge in [-0.05, 0) is 24.3 Å². The van der Waals surface area contributed by atoms with Gasteiger partial charge in [0.15, 0.2) is 6.61 Å². The van der Waals surface area contributed by atoms with Gasteiger partial charge in [0, 0.05) is 16.5 Å². The number of nitrogens with one attached hydrogen (secondary N) is 1. The van der Waals surface area contributed by atoms with E-state index in [1.165, 1.54) is 18.2 Å². The SMILES string of the molecule is O=C(COC(=O)c1cc2ccccc2oc1=O)Nc1cc(Cl)ccc1[N+](=O)[O-]. The molecule has 10 heteroatoms. The molecular formula is C18H11ClN2O7. The van der Waals surface area contributed by atoms with E-state index in [0.717, 1.165) is 6.07 Å². The van der Waals surface area contributed by atoms with Gasteiger partial charge >= 0.3 is 11.6 Å². The zero-order valence-electron chi connectivity index (χ0n) is 14.0. The average molecular weight is 403 g/mol. The van der Waals surface area contributed by atoms with Gasteiger partial charge < -0.3 is 14.5 Å². The summed E-state index contributed by atoms with van der Waals surface area (Å²) in [5.74, 6) is -1.90. The van der Waals surface area contributed by atoms with Crippen LogP contribution in [-0.4, -0.2) is 23.4 Å². The summed E-state index contributed by atoms with van der Waals surface area (Å²) in [6.45, 7) is -0.769. The highest BCUT2D eigenvalue weighted by Crippen LogP contribution is 2.27. The van der Waals surface area contributed by atoms with Crippen LogP contribution in [0.5, 0.6) is 0 Å². The van der Waals surface area contributed by atoms with E-state index in [0.29, 0.717) is 11.0 Å². The number of benzene rings is 2. The molecule has 1 amide bonds. The number of ether oxygens (including phenoxy) is 1. The first kappa shape index (κ1) is 19.1. The van der Waals surface area contributed by atoms with Crippen LogP contribution in [0.4, 0.5) is 11.4 Å². The number of amides is 1. The molecule has 0 atom stereocenters. The minimum atomic E-state index is -1.06. The molecule has 0 radical (unpaired) electrons. The summed E-state index contributed by atoms with van der Waals surface area (Å²) < 4.78 is 9.83. The van der Waals surface area contributed by atoms with Crippen LogP contribution in [-0.2, 0) is 9.53 Å². The Morgan fingerprint density at radius 3 is 2.68 bits per heavy atom. The maximum Gasteiger partial charge on any atom is 0.351 e. The summed E-state index contributed by atoms with van der Waals surface area (Å²) in [7, 11) is 0. The summed E-state index contributed by atoms with van der Waals surface area (Å²) in [5.41, 5.74) is -1.51. The highest BCUT2D eigenvalue weighted by molar-refractivity contribution is 6.31. The van der Waals surface area contributed by atoms with Gasteiger partial charge in [-0.3, -0.25) is 14.9 Å². The van der Waals surface area contributed by atoms with Gasteiger partial charge in [-0.15, -0.1) is 0 Å². The standard InChI is InChI=1S/C18H11ClN2O7/c19-11-5-6-14(21(25)26)13(8-11)20-16(22)9-27-17(23)12-7-10-3-1-2-4-15(10)28-18(12)24/h1-8H,9H2,(H,20,22). The van der Waals surface area contributed by atoms with Gasteiger partial charge in [-0.2, -0.15) is 0 Å². The molecule has 3 aromatic rings. The van der Waals surface area contributed by atoms with Crippen molar-refractivity contribution in [1.82, 2.24) is 0 Å². The highest BCUT2D eigenvalue weighted by atomic mass is 35.5. The van der Waals surface area contributed by atoms with E-state index in [2.05, 4.69) is 5.32 Å². The fraction of sp³-hybridized carbons (Fsp3) is 0.0556. The number of hydrogen-bond donors (Lipinski definition) is 1. The molecule has 0 fully saturated rings. The molecule has 0 unspecified atom stereocenters. The van der Waals surface area contributed by atoms with E-state index in [4.69, 9.17) is 20.8 Å². The molecule has 1 heterocycles. The van der Waals surface area contributed by atoms with Crippen molar-refractivity contribution in [2.75, 3.05) is 11.9 Å². The molecule has 3 rings (SSSR count). The molecule has 0 aliphatic rings. The Morgan fingerprint density at radius 2 is 1.93 bits per heavy atom. The molecule has 0 bridgehead atoms. The van der Waals surface area contributed by atoms with Gasteiger partial charge in [0.1, 0.15) is 16.8 Å². The van der Waals surface area contributed by atoms with Crippen molar-refractivity contribution in [3.05, 3.63) is 79.7 Å². The van der Waals surface area contributed by atoms with Gasteiger partial charge in [-0.25, -0.2) is 9.59 Å². The number of halogens is 1. The maximum absolute atomic E-state index is 12.1. The normalized spacial score (nSPS) is 10.5. The van der Waals surface area contributed by atoms with E-state index in [1.54, 1.807) is 24.3 Å². The molecule has 1 N–H and O–H groups in total. The van der Waals surface area contributed by atoms with Crippen LogP contribution in [0, 0.1) is 10.1 Å². The Kier molecular flexibility index (Phi) is 5.37. The lowest BCUT2D eigenvalue weighted by molar-refractivity contribution is -0.383. The number of nitrogens with zero attached hydrogens (tertiary/aromatic N) is 1. The number of rotatable bonds is 5. The number of esters is 1. The third-order valence-electron chi connectivity index (χ3n) is 3.63. The van der Waals surface area contributed by atoms with Gasteiger partial charge in [0.25, 0.3) is 11.6 Å². The van der Waals surface area contributed by atoms with Crippen LogP contribution in [0.3, 0.4) is 0 Å². The molecule has 0 saturated heterocycles. The molecule has 0 aliphatic heterocycles. The Bertz CT molecular complexity index is 1160. The lowest BCUT2D eigenvalue weighted by Gasteiger charge is -2.07. The fourth-order valence-corrected chi connectivity index (χ4v) is 2.54. The lowest BCUT2D eigenvalue weighted by Crippen LogP contribution is -2.24. The minimum Gasteiger partial charge on any atom is -0.452 e. The number of carbonyl (C=O) groups is 2. The Hall–Kier alpha value is -3.72. The van der Waals surface area contributed by atoms with E-state index in [1.807, 2.05) is 0 Å². The largest absolute Gasteiger partial charge is 0.452 e. The van der Waals surface area contributed by atoms with Crippen molar-refractivity contribution < 1.29 is 23.7 Å². The van der Waals surface area contributed by atoms with Crippen LogP contribution >= 0.6 is 11.6 Å². The zero-order chi connectivity index (χ0) is 20.3.